The molecule has 392 valence electrons. The fourth-order valence-corrected chi connectivity index (χ4v) is 6.59. The van der Waals surface area contributed by atoms with Crippen LogP contribution in [0.2, 0.25) is 0 Å². The molecule has 0 fully saturated rings. The van der Waals surface area contributed by atoms with Gasteiger partial charge in [-0.2, -0.15) is 0 Å². The minimum Gasteiger partial charge on any atom is -0.382 e. The zero-order chi connectivity index (χ0) is 50.3. The second kappa shape index (κ2) is 39.0. The fourth-order valence-electron chi connectivity index (χ4n) is 6.59. The molecule has 3 amide bonds. The van der Waals surface area contributed by atoms with E-state index in [-0.39, 0.29) is 18.2 Å². The second-order valence-electron chi connectivity index (χ2n) is 15.6. The van der Waals surface area contributed by atoms with Crippen LogP contribution in [0.15, 0.2) is 60.8 Å². The lowest BCUT2D eigenvalue weighted by Crippen LogP contribution is -2.31. The molecule has 0 atom stereocenters. The molecular weight excluding hydrogens is 907 g/mol. The smallest absolute Gasteiger partial charge is 0.255 e. The number of rotatable bonds is 44. The van der Waals surface area contributed by atoms with E-state index in [2.05, 4.69) is 29.0 Å². The summed E-state index contributed by atoms with van der Waals surface area (Å²) in [6.07, 6.45) is 3.34. The Morgan fingerprint density at radius 2 is 1.10 bits per heavy atom. The minimum atomic E-state index is -0.551. The first-order valence-corrected chi connectivity index (χ1v) is 24.3. The predicted octanol–water partition coefficient (Wildman–Crippen LogP) is 4.54. The average molecular weight is 986 g/mol. The Bertz CT molecular complexity index is 1860. The van der Waals surface area contributed by atoms with Gasteiger partial charge in [-0.3, -0.25) is 19.4 Å². The Balaban J connectivity index is 1.12. The summed E-state index contributed by atoms with van der Waals surface area (Å²) in [5.74, 6) is -0.822. The van der Waals surface area contributed by atoms with Crippen molar-refractivity contribution in [2.24, 2.45) is 5.73 Å². The van der Waals surface area contributed by atoms with Gasteiger partial charge >= 0.3 is 0 Å². The molecule has 0 saturated carbocycles. The average Bonchev–Trinajstić information content (AvgIpc) is 3.37. The predicted molar refractivity (Wildman–Crippen MR) is 267 cm³/mol. The van der Waals surface area contributed by atoms with Gasteiger partial charge in [-0.25, -0.2) is 0 Å². The van der Waals surface area contributed by atoms with Gasteiger partial charge in [0, 0.05) is 69.0 Å². The van der Waals surface area contributed by atoms with E-state index < -0.39 is 5.91 Å². The van der Waals surface area contributed by atoms with Crippen LogP contribution in [0.4, 0.5) is 11.4 Å². The summed E-state index contributed by atoms with van der Waals surface area (Å²) in [7, 11) is 3.38. The number of carbonyl (C=O) groups is 3. The van der Waals surface area contributed by atoms with Gasteiger partial charge < -0.3 is 73.0 Å². The van der Waals surface area contributed by atoms with Gasteiger partial charge in [0.05, 0.1) is 150 Å². The first kappa shape index (κ1) is 59.7. The number of aromatic nitrogens is 1. The number of benzene rings is 2. The zero-order valence-corrected chi connectivity index (χ0v) is 42.0. The number of nitrogens with two attached hydrogens (primary N) is 1. The van der Waals surface area contributed by atoms with E-state index >= 15 is 0 Å². The van der Waals surface area contributed by atoms with Gasteiger partial charge in [0.15, 0.2) is 0 Å². The maximum absolute atomic E-state index is 13.5. The first-order valence-electron chi connectivity index (χ1n) is 24.3. The molecule has 1 heterocycles. The van der Waals surface area contributed by atoms with E-state index in [1.807, 2.05) is 36.4 Å². The number of aryl methyl sites for hydroxylation is 1. The van der Waals surface area contributed by atoms with Crippen LogP contribution in [-0.4, -0.2) is 200 Å². The number of primary amides is 1. The largest absolute Gasteiger partial charge is 0.382 e. The van der Waals surface area contributed by atoms with Crippen LogP contribution in [0.3, 0.4) is 0 Å². The third-order valence-corrected chi connectivity index (χ3v) is 10.5. The Morgan fingerprint density at radius 3 is 1.63 bits per heavy atom. The summed E-state index contributed by atoms with van der Waals surface area (Å²) in [5.41, 5.74) is 10.2. The van der Waals surface area contributed by atoms with E-state index in [4.69, 9.17) is 57.8 Å². The number of methoxy groups -OCH3 is 1. The van der Waals surface area contributed by atoms with E-state index in [0.29, 0.717) is 173 Å². The van der Waals surface area contributed by atoms with E-state index in [1.54, 1.807) is 43.5 Å². The van der Waals surface area contributed by atoms with Crippen molar-refractivity contribution in [1.29, 1.82) is 0 Å². The van der Waals surface area contributed by atoms with Gasteiger partial charge in [0.1, 0.15) is 0 Å². The number of carbonyl (C=O) groups excluding carboxylic acids is 3. The number of nitrogens with one attached hydrogen (secondary N) is 1. The van der Waals surface area contributed by atoms with Crippen LogP contribution < -0.4 is 16.0 Å². The summed E-state index contributed by atoms with van der Waals surface area (Å²) in [4.78, 5) is 46.1. The van der Waals surface area contributed by atoms with Crippen LogP contribution in [0.25, 0.3) is 11.3 Å². The van der Waals surface area contributed by atoms with Crippen LogP contribution in [0.5, 0.6) is 0 Å². The molecule has 0 spiro atoms. The molecule has 19 heteroatoms. The Morgan fingerprint density at radius 1 is 0.586 bits per heavy atom. The highest BCUT2D eigenvalue weighted by molar-refractivity contribution is 6.06. The van der Waals surface area contributed by atoms with Crippen molar-refractivity contribution in [2.45, 2.75) is 33.1 Å². The molecule has 0 radical (unpaired) electrons. The molecule has 70 heavy (non-hydrogen) atoms. The number of amides is 3. The topological polar surface area (TPSA) is 210 Å². The van der Waals surface area contributed by atoms with Crippen molar-refractivity contribution in [3.05, 3.63) is 77.5 Å². The molecule has 0 bridgehead atoms. The summed E-state index contributed by atoms with van der Waals surface area (Å²) >= 11 is 0. The number of hydrogen-bond acceptors (Lipinski definition) is 16. The highest BCUT2D eigenvalue weighted by Crippen LogP contribution is 2.32. The lowest BCUT2D eigenvalue weighted by Gasteiger charge is -2.23. The minimum absolute atomic E-state index is 0.0167. The summed E-state index contributed by atoms with van der Waals surface area (Å²) in [6.45, 7) is 16.1. The Hall–Kier alpha value is -4.64. The molecular formula is C51H79N5O14. The van der Waals surface area contributed by atoms with Crippen molar-refractivity contribution in [2.75, 3.05) is 183 Å². The molecule has 3 aromatic rings. The number of nitrogens with zero attached hydrogens (tertiary/aromatic N) is 3. The number of likely N-dealkylation sites (N-methyl/N-ethyl adjacent to an activating group) is 1. The highest BCUT2D eigenvalue weighted by Gasteiger charge is 2.16. The number of ether oxygens (including phenoxy) is 11. The monoisotopic (exact) mass is 986 g/mol. The van der Waals surface area contributed by atoms with E-state index in [0.717, 1.165) is 37.2 Å². The molecule has 2 aromatic carbocycles. The van der Waals surface area contributed by atoms with Crippen LogP contribution in [0, 0.1) is 0 Å². The van der Waals surface area contributed by atoms with Gasteiger partial charge in [0.2, 0.25) is 11.8 Å². The van der Waals surface area contributed by atoms with Gasteiger partial charge in [-0.05, 0) is 74.7 Å². The molecule has 0 aliphatic rings. The fraction of sp³-hybridized carbons (Fsp3) is 0.608. The quantitative estimate of drug-likeness (QED) is 0.0746. The van der Waals surface area contributed by atoms with Gasteiger partial charge in [-0.1, -0.05) is 12.1 Å². The van der Waals surface area contributed by atoms with Crippen molar-refractivity contribution in [3.63, 3.8) is 0 Å². The van der Waals surface area contributed by atoms with Crippen molar-refractivity contribution in [3.8, 4) is 11.3 Å². The summed E-state index contributed by atoms with van der Waals surface area (Å²) < 4.78 is 60.2. The van der Waals surface area contributed by atoms with Crippen molar-refractivity contribution in [1.82, 2.24) is 9.88 Å². The molecule has 0 aliphatic heterocycles. The molecule has 1 aromatic heterocycles. The molecule has 0 aliphatic carbocycles. The standard InChI is InChI=1S/C51H79N5O14/c1-5-56(6-2)45-12-13-47(46(41-45)48-40-43(50(52)58)14-16-53-48)54-51(59)44-11-7-9-42(39-44)10-8-18-61-23-26-65-31-32-66-27-24-62-19-15-49(57)55(3)17-20-63-25-28-67-33-34-69-37-38-70-36-35-68-30-29-64-22-21-60-4/h7,9,11-14,16,39-41H,5-6,8,10,15,17-38H2,1-4H3,(H2,52,58)(H,54,59). The van der Waals surface area contributed by atoms with Crippen LogP contribution >= 0.6 is 0 Å². The first-order chi connectivity index (χ1) is 34.3. The Labute approximate surface area is 414 Å². The second-order valence-corrected chi connectivity index (χ2v) is 15.6. The SMILES string of the molecule is CCN(CC)c1ccc(NC(=O)c2cccc(CCCOCCOCCOCCOCCC(=O)N(C)CCOCCOCCOCCOCCOCCOCCOC)c2)c(-c2cc(C(N)=O)ccn2)c1. The maximum atomic E-state index is 13.5. The third kappa shape index (κ3) is 26.5. The van der Waals surface area contributed by atoms with E-state index in [9.17, 15) is 14.4 Å². The molecule has 3 rings (SSSR count). The van der Waals surface area contributed by atoms with Gasteiger partial charge in [-0.15, -0.1) is 0 Å². The molecule has 0 saturated heterocycles. The van der Waals surface area contributed by atoms with Crippen molar-refractivity contribution < 1.29 is 66.5 Å². The number of anilines is 2. The van der Waals surface area contributed by atoms with Crippen LogP contribution in [-0.2, 0) is 63.3 Å². The molecule has 0 unspecified atom stereocenters. The molecule has 3 N–H and O–H groups in total. The lowest BCUT2D eigenvalue weighted by atomic mass is 10.0. The summed E-state index contributed by atoms with van der Waals surface area (Å²) in [6, 6.07) is 16.6. The number of pyridine rings is 1. The number of hydrogen-bond donors (Lipinski definition) is 2. The highest BCUT2D eigenvalue weighted by atomic mass is 16.6. The van der Waals surface area contributed by atoms with Gasteiger partial charge in [0.25, 0.3) is 5.91 Å². The lowest BCUT2D eigenvalue weighted by molar-refractivity contribution is -0.132. The summed E-state index contributed by atoms with van der Waals surface area (Å²) in [5, 5.41) is 3.06. The van der Waals surface area contributed by atoms with E-state index in [1.165, 1.54) is 0 Å². The normalized spacial score (nSPS) is 11.3. The third-order valence-electron chi connectivity index (χ3n) is 10.5. The zero-order valence-electron chi connectivity index (χ0n) is 42.0. The maximum Gasteiger partial charge on any atom is 0.255 e. The van der Waals surface area contributed by atoms with Crippen LogP contribution in [0.1, 0.15) is 53.0 Å². The molecule has 19 nitrogen and oxygen atoms in total. The van der Waals surface area contributed by atoms with Crippen molar-refractivity contribution >= 4 is 29.1 Å². The Kier molecular flexibility index (Phi) is 33.3.